The average Bonchev–Trinajstić information content (AvgIpc) is 2.69. The van der Waals surface area contributed by atoms with Crippen LogP contribution in [0.1, 0.15) is 42.0 Å². The Bertz CT molecular complexity index is 929. The third-order valence-electron chi connectivity index (χ3n) is 5.57. The van der Waals surface area contributed by atoms with Crippen molar-refractivity contribution in [2.45, 2.75) is 43.2 Å². The van der Waals surface area contributed by atoms with Crippen molar-refractivity contribution < 1.29 is 8.42 Å². The Kier molecular flexibility index (Phi) is 5.17. The summed E-state index contributed by atoms with van der Waals surface area (Å²) in [5.41, 5.74) is 3.18. The third-order valence-corrected chi connectivity index (χ3v) is 7.03. The molecule has 2 unspecified atom stereocenters. The molecule has 5 heteroatoms. The van der Waals surface area contributed by atoms with E-state index in [0.717, 1.165) is 29.8 Å². The smallest absolute Gasteiger partial charge is 0.241 e. The topological polar surface area (TPSA) is 49.4 Å². The number of sulfonamides is 1. The van der Waals surface area contributed by atoms with E-state index in [-0.39, 0.29) is 12.1 Å². The number of rotatable bonds is 4. The first-order valence-electron chi connectivity index (χ1n) is 9.65. The van der Waals surface area contributed by atoms with Gasteiger partial charge in [0.05, 0.1) is 10.9 Å². The number of aryl methyl sites for hydroxylation is 1. The molecule has 2 aliphatic rings. The fraction of sp³-hybridized carbons (Fsp3) is 0.364. The Labute approximate surface area is 162 Å². The number of fused-ring (bicyclic) bond motifs is 1. The number of benzene rings is 2. The summed E-state index contributed by atoms with van der Waals surface area (Å²) in [6, 6.07) is 14.9. The van der Waals surface area contributed by atoms with E-state index in [2.05, 4.69) is 21.8 Å². The maximum absolute atomic E-state index is 13.1. The molecule has 1 aliphatic carbocycles. The van der Waals surface area contributed by atoms with Crippen molar-refractivity contribution in [3.63, 3.8) is 0 Å². The molecule has 0 bridgehead atoms. The second kappa shape index (κ2) is 7.58. The first-order valence-corrected chi connectivity index (χ1v) is 11.1. The SMILES string of the molecule is Cc1ccc(S(=O)(=O)NC2c3ccccc3C=CC2N2CCCCC2)cc1. The van der Waals surface area contributed by atoms with Gasteiger partial charge in [-0.1, -0.05) is 60.5 Å². The molecule has 2 aromatic carbocycles. The molecule has 0 spiro atoms. The second-order valence-electron chi connectivity index (χ2n) is 7.49. The monoisotopic (exact) mass is 382 g/mol. The maximum atomic E-state index is 13.1. The fourth-order valence-electron chi connectivity index (χ4n) is 4.08. The molecular weight excluding hydrogens is 356 g/mol. The lowest BCUT2D eigenvalue weighted by atomic mass is 9.88. The normalized spacial score (nSPS) is 23.1. The molecule has 1 fully saturated rings. The lowest BCUT2D eigenvalue weighted by Gasteiger charge is -2.40. The Morgan fingerprint density at radius 1 is 0.963 bits per heavy atom. The number of likely N-dealkylation sites (tertiary alicyclic amines) is 1. The van der Waals surface area contributed by atoms with Crippen LogP contribution in [0.25, 0.3) is 6.08 Å². The zero-order chi connectivity index (χ0) is 18.9. The van der Waals surface area contributed by atoms with Crippen LogP contribution in [0.3, 0.4) is 0 Å². The van der Waals surface area contributed by atoms with E-state index >= 15 is 0 Å². The predicted octanol–water partition coefficient (Wildman–Crippen LogP) is 3.90. The van der Waals surface area contributed by atoms with E-state index in [1.165, 1.54) is 19.3 Å². The zero-order valence-corrected chi connectivity index (χ0v) is 16.5. The van der Waals surface area contributed by atoms with Gasteiger partial charge in [-0.2, -0.15) is 0 Å². The van der Waals surface area contributed by atoms with E-state index < -0.39 is 10.0 Å². The second-order valence-corrected chi connectivity index (χ2v) is 9.20. The van der Waals surface area contributed by atoms with Crippen LogP contribution in [0.15, 0.2) is 59.5 Å². The van der Waals surface area contributed by atoms with E-state index in [4.69, 9.17) is 0 Å². The highest BCUT2D eigenvalue weighted by molar-refractivity contribution is 7.89. The van der Waals surface area contributed by atoms with E-state index in [1.54, 1.807) is 12.1 Å². The minimum atomic E-state index is -3.60. The Morgan fingerprint density at radius 3 is 2.41 bits per heavy atom. The van der Waals surface area contributed by atoms with Crippen LogP contribution in [0.2, 0.25) is 0 Å². The molecule has 0 saturated carbocycles. The van der Waals surface area contributed by atoms with E-state index in [1.807, 2.05) is 43.3 Å². The van der Waals surface area contributed by atoms with Gasteiger partial charge in [-0.05, 0) is 56.1 Å². The Balaban J connectivity index is 1.69. The molecule has 1 aliphatic heterocycles. The summed E-state index contributed by atoms with van der Waals surface area (Å²) >= 11 is 0. The van der Waals surface area contributed by atoms with Gasteiger partial charge >= 0.3 is 0 Å². The molecule has 1 saturated heterocycles. The molecule has 2 atom stereocenters. The molecule has 1 heterocycles. The molecule has 27 heavy (non-hydrogen) atoms. The zero-order valence-electron chi connectivity index (χ0n) is 15.6. The van der Waals surface area contributed by atoms with Crippen molar-refractivity contribution in [3.8, 4) is 0 Å². The summed E-state index contributed by atoms with van der Waals surface area (Å²) in [7, 11) is -3.60. The van der Waals surface area contributed by atoms with E-state index in [0.29, 0.717) is 4.90 Å². The largest absolute Gasteiger partial charge is 0.295 e. The van der Waals surface area contributed by atoms with Crippen LogP contribution in [0, 0.1) is 6.92 Å². The van der Waals surface area contributed by atoms with Crippen LogP contribution in [0.5, 0.6) is 0 Å². The first-order chi connectivity index (χ1) is 13.0. The highest BCUT2D eigenvalue weighted by Crippen LogP contribution is 2.33. The van der Waals surface area contributed by atoms with Crippen molar-refractivity contribution in [3.05, 3.63) is 71.3 Å². The Hall–Kier alpha value is -1.95. The van der Waals surface area contributed by atoms with Crippen molar-refractivity contribution in [2.75, 3.05) is 13.1 Å². The van der Waals surface area contributed by atoms with Crippen molar-refractivity contribution in [1.82, 2.24) is 9.62 Å². The molecule has 0 aromatic heterocycles. The van der Waals surface area contributed by atoms with Gasteiger partial charge in [-0.25, -0.2) is 13.1 Å². The van der Waals surface area contributed by atoms with Crippen LogP contribution in [0.4, 0.5) is 0 Å². The van der Waals surface area contributed by atoms with Crippen LogP contribution < -0.4 is 4.72 Å². The number of nitrogens with zero attached hydrogens (tertiary/aromatic N) is 1. The van der Waals surface area contributed by atoms with Gasteiger partial charge in [0, 0.05) is 6.04 Å². The summed E-state index contributed by atoms with van der Waals surface area (Å²) in [4.78, 5) is 2.73. The van der Waals surface area contributed by atoms with Gasteiger partial charge in [0.1, 0.15) is 0 Å². The van der Waals surface area contributed by atoms with Gasteiger partial charge in [0.15, 0.2) is 0 Å². The summed E-state index contributed by atoms with van der Waals surface area (Å²) in [5.74, 6) is 0. The van der Waals surface area contributed by atoms with Gasteiger partial charge in [0.2, 0.25) is 10.0 Å². The fourth-order valence-corrected chi connectivity index (χ4v) is 5.31. The highest BCUT2D eigenvalue weighted by Gasteiger charge is 2.34. The molecule has 2 aromatic rings. The quantitative estimate of drug-likeness (QED) is 0.873. The summed E-state index contributed by atoms with van der Waals surface area (Å²) < 4.78 is 29.2. The van der Waals surface area contributed by atoms with Crippen molar-refractivity contribution >= 4 is 16.1 Å². The lowest BCUT2D eigenvalue weighted by Crippen LogP contribution is -2.48. The first kappa shape index (κ1) is 18.4. The molecule has 142 valence electrons. The number of nitrogens with one attached hydrogen (secondary N) is 1. The predicted molar refractivity (Wildman–Crippen MR) is 109 cm³/mol. The molecule has 4 nitrogen and oxygen atoms in total. The van der Waals surface area contributed by atoms with Gasteiger partial charge in [0.25, 0.3) is 0 Å². The van der Waals surface area contributed by atoms with Crippen molar-refractivity contribution in [2.24, 2.45) is 0 Å². The van der Waals surface area contributed by atoms with Crippen LogP contribution >= 0.6 is 0 Å². The number of piperidine rings is 1. The molecule has 4 rings (SSSR count). The van der Waals surface area contributed by atoms with E-state index in [9.17, 15) is 8.42 Å². The van der Waals surface area contributed by atoms with Crippen LogP contribution in [-0.4, -0.2) is 32.4 Å². The molecular formula is C22H26N2O2S. The number of hydrogen-bond acceptors (Lipinski definition) is 3. The van der Waals surface area contributed by atoms with Gasteiger partial charge in [-0.15, -0.1) is 0 Å². The standard InChI is InChI=1S/C22H26N2O2S/c1-17-9-12-19(13-10-17)27(25,26)23-22-20-8-4-3-7-18(20)11-14-21(22)24-15-5-2-6-16-24/h3-4,7-14,21-23H,2,5-6,15-16H2,1H3. The average molecular weight is 383 g/mol. The summed E-state index contributed by atoms with van der Waals surface area (Å²) in [6.07, 6.45) is 7.89. The lowest BCUT2D eigenvalue weighted by molar-refractivity contribution is 0.166. The van der Waals surface area contributed by atoms with Crippen molar-refractivity contribution in [1.29, 1.82) is 0 Å². The maximum Gasteiger partial charge on any atom is 0.241 e. The molecule has 0 amide bonds. The molecule has 0 radical (unpaired) electrons. The highest BCUT2D eigenvalue weighted by atomic mass is 32.2. The number of hydrogen-bond donors (Lipinski definition) is 1. The summed E-state index contributed by atoms with van der Waals surface area (Å²) in [5, 5.41) is 0. The molecule has 1 N–H and O–H groups in total. The summed E-state index contributed by atoms with van der Waals surface area (Å²) in [6.45, 7) is 3.98. The van der Waals surface area contributed by atoms with Gasteiger partial charge in [-0.3, -0.25) is 4.90 Å². The third kappa shape index (κ3) is 3.86. The minimum absolute atomic E-state index is 0.0421. The van der Waals surface area contributed by atoms with Crippen LogP contribution in [-0.2, 0) is 10.0 Å². The minimum Gasteiger partial charge on any atom is -0.295 e. The Morgan fingerprint density at radius 2 is 1.67 bits per heavy atom. The van der Waals surface area contributed by atoms with Gasteiger partial charge < -0.3 is 0 Å².